The van der Waals surface area contributed by atoms with Gasteiger partial charge in [0.05, 0.1) is 0 Å². The van der Waals surface area contributed by atoms with E-state index >= 15 is 0 Å². The molecule has 150 valence electrons. The van der Waals surface area contributed by atoms with Gasteiger partial charge in [-0.05, 0) is 79.2 Å². The van der Waals surface area contributed by atoms with Crippen molar-refractivity contribution in [3.8, 4) is 11.1 Å². The molecule has 0 bridgehead atoms. The van der Waals surface area contributed by atoms with E-state index in [9.17, 15) is 4.79 Å². The van der Waals surface area contributed by atoms with E-state index in [4.69, 9.17) is 0 Å². The van der Waals surface area contributed by atoms with Gasteiger partial charge >= 0.3 is 0 Å². The Labute approximate surface area is 179 Å². The maximum absolute atomic E-state index is 12.5. The summed E-state index contributed by atoms with van der Waals surface area (Å²) in [7, 11) is 0. The zero-order valence-electron chi connectivity index (χ0n) is 16.4. The van der Waals surface area contributed by atoms with Crippen LogP contribution in [0.4, 0.5) is 5.69 Å². The van der Waals surface area contributed by atoms with Crippen molar-refractivity contribution in [3.05, 3.63) is 90.0 Å². The number of carbonyl (C=O) groups excluding carboxylic acids is 1. The van der Waals surface area contributed by atoms with Gasteiger partial charge in [0, 0.05) is 11.3 Å². The highest BCUT2D eigenvalue weighted by atomic mass is 35.5. The molecule has 2 N–H and O–H groups in total. The molecular formula is C25H27ClN2O. The Morgan fingerprint density at radius 3 is 2.24 bits per heavy atom. The number of nitrogens with one attached hydrogen (secondary N) is 2. The molecule has 0 spiro atoms. The number of carbonyl (C=O) groups is 1. The first-order valence-corrected chi connectivity index (χ1v) is 10.0. The molecule has 4 heteroatoms. The minimum Gasteiger partial charge on any atom is -0.322 e. The van der Waals surface area contributed by atoms with Crippen LogP contribution in [0.25, 0.3) is 11.1 Å². The molecule has 0 radical (unpaired) electrons. The Morgan fingerprint density at radius 1 is 0.897 bits per heavy atom. The van der Waals surface area contributed by atoms with E-state index in [1.165, 1.54) is 18.4 Å². The number of anilines is 1. The van der Waals surface area contributed by atoms with Crippen LogP contribution in [0.2, 0.25) is 0 Å². The molecule has 4 rings (SSSR count). The summed E-state index contributed by atoms with van der Waals surface area (Å²) in [6.07, 6.45) is 3.66. The number of amides is 1. The van der Waals surface area contributed by atoms with E-state index in [0.29, 0.717) is 5.56 Å². The number of piperidine rings is 1. The van der Waals surface area contributed by atoms with Crippen molar-refractivity contribution in [1.29, 1.82) is 0 Å². The second-order valence-electron chi connectivity index (χ2n) is 7.51. The van der Waals surface area contributed by atoms with Gasteiger partial charge in [0.25, 0.3) is 5.91 Å². The largest absolute Gasteiger partial charge is 0.322 e. The molecule has 3 aromatic carbocycles. The number of hydrogen-bond acceptors (Lipinski definition) is 2. The lowest BCUT2D eigenvalue weighted by Gasteiger charge is -2.22. The zero-order valence-corrected chi connectivity index (χ0v) is 17.3. The first-order valence-electron chi connectivity index (χ1n) is 10.0. The van der Waals surface area contributed by atoms with Crippen molar-refractivity contribution in [2.45, 2.75) is 19.3 Å². The maximum atomic E-state index is 12.5. The zero-order chi connectivity index (χ0) is 19.2. The van der Waals surface area contributed by atoms with Crippen molar-refractivity contribution in [3.63, 3.8) is 0 Å². The van der Waals surface area contributed by atoms with E-state index in [-0.39, 0.29) is 18.3 Å². The van der Waals surface area contributed by atoms with Crippen LogP contribution in [0.1, 0.15) is 28.8 Å². The van der Waals surface area contributed by atoms with E-state index in [1.54, 1.807) is 0 Å². The highest BCUT2D eigenvalue weighted by molar-refractivity contribution is 6.04. The van der Waals surface area contributed by atoms with E-state index in [1.807, 2.05) is 54.6 Å². The second-order valence-corrected chi connectivity index (χ2v) is 7.51. The molecular weight excluding hydrogens is 380 g/mol. The minimum absolute atomic E-state index is 0. The van der Waals surface area contributed by atoms with E-state index < -0.39 is 0 Å². The predicted molar refractivity (Wildman–Crippen MR) is 123 cm³/mol. The van der Waals surface area contributed by atoms with Crippen LogP contribution < -0.4 is 10.6 Å². The third-order valence-electron chi connectivity index (χ3n) is 5.39. The van der Waals surface area contributed by atoms with Gasteiger partial charge in [0.2, 0.25) is 0 Å². The van der Waals surface area contributed by atoms with Crippen molar-refractivity contribution >= 4 is 24.0 Å². The Kier molecular flexibility index (Phi) is 7.45. The number of rotatable bonds is 5. The summed E-state index contributed by atoms with van der Waals surface area (Å²) in [6.45, 7) is 2.26. The predicted octanol–water partition coefficient (Wildman–Crippen LogP) is 5.57. The van der Waals surface area contributed by atoms with Crippen LogP contribution in [0.5, 0.6) is 0 Å². The third kappa shape index (κ3) is 5.69. The lowest BCUT2D eigenvalue weighted by Crippen LogP contribution is -2.30. The van der Waals surface area contributed by atoms with Crippen molar-refractivity contribution in [2.24, 2.45) is 5.92 Å². The topological polar surface area (TPSA) is 41.1 Å². The summed E-state index contributed by atoms with van der Waals surface area (Å²) in [5, 5.41) is 6.47. The third-order valence-corrected chi connectivity index (χ3v) is 5.39. The summed E-state index contributed by atoms with van der Waals surface area (Å²) >= 11 is 0. The molecule has 1 fully saturated rings. The second kappa shape index (κ2) is 10.2. The number of halogens is 1. The first kappa shape index (κ1) is 21.1. The van der Waals surface area contributed by atoms with Gasteiger partial charge in [-0.15, -0.1) is 12.4 Å². The highest BCUT2D eigenvalue weighted by Gasteiger charge is 2.13. The Bertz CT molecular complexity index is 902. The van der Waals surface area contributed by atoms with Gasteiger partial charge < -0.3 is 10.6 Å². The standard InChI is InChI=1S/C25H26N2O.ClH/c28-25(23-12-10-22(11-13-23)21-6-2-1-3-7-21)27-24-14-8-19(9-15-24)17-20-5-4-16-26-18-20;/h1-3,6-15,20,26H,4-5,16-18H2,(H,27,28);1H. The fourth-order valence-corrected chi connectivity index (χ4v) is 3.80. The van der Waals surface area contributed by atoms with Crippen molar-refractivity contribution < 1.29 is 4.79 Å². The van der Waals surface area contributed by atoms with Crippen LogP contribution in [-0.4, -0.2) is 19.0 Å². The van der Waals surface area contributed by atoms with Crippen LogP contribution in [0.15, 0.2) is 78.9 Å². The molecule has 0 aromatic heterocycles. The van der Waals surface area contributed by atoms with Gasteiger partial charge in [-0.2, -0.15) is 0 Å². The molecule has 1 unspecified atom stereocenters. The highest BCUT2D eigenvalue weighted by Crippen LogP contribution is 2.21. The lowest BCUT2D eigenvalue weighted by molar-refractivity contribution is 0.102. The Morgan fingerprint density at radius 2 is 1.59 bits per heavy atom. The molecule has 0 saturated carbocycles. The van der Waals surface area contributed by atoms with Crippen LogP contribution >= 0.6 is 12.4 Å². The number of hydrogen-bond donors (Lipinski definition) is 2. The summed E-state index contributed by atoms with van der Waals surface area (Å²) in [6, 6.07) is 26.2. The quantitative estimate of drug-likeness (QED) is 0.581. The first-order chi connectivity index (χ1) is 13.8. The van der Waals surface area contributed by atoms with E-state index in [0.717, 1.165) is 42.2 Å². The van der Waals surface area contributed by atoms with Gasteiger partial charge in [-0.1, -0.05) is 54.6 Å². The van der Waals surface area contributed by atoms with Gasteiger partial charge in [-0.25, -0.2) is 0 Å². The molecule has 1 heterocycles. The van der Waals surface area contributed by atoms with Gasteiger partial charge in [0.1, 0.15) is 0 Å². The van der Waals surface area contributed by atoms with Crippen LogP contribution in [-0.2, 0) is 6.42 Å². The molecule has 1 aliphatic heterocycles. The molecule has 1 atom stereocenters. The maximum Gasteiger partial charge on any atom is 0.255 e. The van der Waals surface area contributed by atoms with Crippen molar-refractivity contribution in [1.82, 2.24) is 5.32 Å². The molecule has 29 heavy (non-hydrogen) atoms. The Hall–Kier alpha value is -2.62. The van der Waals surface area contributed by atoms with Crippen LogP contribution in [0.3, 0.4) is 0 Å². The summed E-state index contributed by atoms with van der Waals surface area (Å²) in [5.74, 6) is 0.640. The fourth-order valence-electron chi connectivity index (χ4n) is 3.80. The lowest BCUT2D eigenvalue weighted by atomic mass is 9.92. The SMILES string of the molecule is Cl.O=C(Nc1ccc(CC2CCCNC2)cc1)c1ccc(-c2ccccc2)cc1. The van der Waals surface area contributed by atoms with Gasteiger partial charge in [-0.3, -0.25) is 4.79 Å². The minimum atomic E-state index is -0.0798. The molecule has 1 amide bonds. The molecule has 3 aromatic rings. The number of benzene rings is 3. The molecule has 3 nitrogen and oxygen atoms in total. The average Bonchev–Trinajstić information content (AvgIpc) is 2.76. The summed E-state index contributed by atoms with van der Waals surface area (Å²) < 4.78 is 0. The van der Waals surface area contributed by atoms with Crippen LogP contribution in [0, 0.1) is 5.92 Å². The molecule has 1 saturated heterocycles. The summed E-state index contributed by atoms with van der Waals surface area (Å²) in [4.78, 5) is 12.5. The molecule has 0 aliphatic carbocycles. The fraction of sp³-hybridized carbons (Fsp3) is 0.240. The van der Waals surface area contributed by atoms with Crippen molar-refractivity contribution in [2.75, 3.05) is 18.4 Å². The Balaban J connectivity index is 0.00000240. The smallest absolute Gasteiger partial charge is 0.255 e. The summed E-state index contributed by atoms with van der Waals surface area (Å²) in [5.41, 5.74) is 5.09. The monoisotopic (exact) mass is 406 g/mol. The normalized spacial score (nSPS) is 15.9. The van der Waals surface area contributed by atoms with Gasteiger partial charge in [0.15, 0.2) is 0 Å². The van der Waals surface area contributed by atoms with E-state index in [2.05, 4.69) is 34.9 Å². The average molecular weight is 407 g/mol. The molecule has 1 aliphatic rings.